The second kappa shape index (κ2) is 9.32. The SMILES string of the molecule is O=C(O)c1cc(Br)cc(OCc2ccccc2Cl)c1OCc1ccccc1Cl. The molecular weight excluding hydrogens is 467 g/mol. The van der Waals surface area contributed by atoms with Crippen molar-refractivity contribution in [2.24, 2.45) is 0 Å². The maximum absolute atomic E-state index is 11.7. The molecule has 1 N–H and O–H groups in total. The maximum Gasteiger partial charge on any atom is 0.339 e. The summed E-state index contributed by atoms with van der Waals surface area (Å²) in [6.07, 6.45) is 0. The predicted molar refractivity (Wildman–Crippen MR) is 113 cm³/mol. The Hall–Kier alpha value is -2.21. The summed E-state index contributed by atoms with van der Waals surface area (Å²) in [5.74, 6) is -0.709. The molecule has 0 heterocycles. The lowest BCUT2D eigenvalue weighted by Gasteiger charge is -2.16. The van der Waals surface area contributed by atoms with E-state index in [2.05, 4.69) is 15.9 Å². The van der Waals surface area contributed by atoms with Crippen molar-refractivity contribution < 1.29 is 19.4 Å². The molecule has 0 bridgehead atoms. The quantitative estimate of drug-likeness (QED) is 0.412. The van der Waals surface area contributed by atoms with Crippen LogP contribution in [-0.2, 0) is 13.2 Å². The van der Waals surface area contributed by atoms with Gasteiger partial charge in [0.1, 0.15) is 18.8 Å². The van der Waals surface area contributed by atoms with Gasteiger partial charge in [0.2, 0.25) is 0 Å². The first-order chi connectivity index (χ1) is 13.5. The molecule has 0 fully saturated rings. The van der Waals surface area contributed by atoms with E-state index < -0.39 is 5.97 Å². The maximum atomic E-state index is 11.7. The second-order valence-corrected chi connectivity index (χ2v) is 7.58. The number of rotatable bonds is 7. The standard InChI is InChI=1S/C21H15BrCl2O4/c22-15-9-16(21(25)26)20(28-12-14-6-2-4-8-18(14)24)19(10-15)27-11-13-5-1-3-7-17(13)23/h1-10H,11-12H2,(H,25,26). The fourth-order valence-corrected chi connectivity index (χ4v) is 3.34. The van der Waals surface area contributed by atoms with Crippen LogP contribution in [0.1, 0.15) is 21.5 Å². The van der Waals surface area contributed by atoms with Gasteiger partial charge in [0.25, 0.3) is 0 Å². The predicted octanol–water partition coefficient (Wildman–Crippen LogP) is 6.61. The van der Waals surface area contributed by atoms with E-state index in [9.17, 15) is 9.90 Å². The average molecular weight is 482 g/mol. The number of hydrogen-bond donors (Lipinski definition) is 1. The molecule has 3 rings (SSSR count). The van der Waals surface area contributed by atoms with Crippen LogP contribution < -0.4 is 9.47 Å². The van der Waals surface area contributed by atoms with E-state index in [0.29, 0.717) is 20.3 Å². The second-order valence-electron chi connectivity index (χ2n) is 5.85. The molecule has 4 nitrogen and oxygen atoms in total. The molecule has 0 spiro atoms. The van der Waals surface area contributed by atoms with Crippen molar-refractivity contribution in [3.63, 3.8) is 0 Å². The highest BCUT2D eigenvalue weighted by atomic mass is 79.9. The molecular formula is C21H15BrCl2O4. The summed E-state index contributed by atoms with van der Waals surface area (Å²) in [4.78, 5) is 11.7. The average Bonchev–Trinajstić information content (AvgIpc) is 2.67. The fraction of sp³-hybridized carbons (Fsp3) is 0.0952. The number of halogens is 3. The molecule has 144 valence electrons. The number of ether oxygens (including phenoxy) is 2. The number of hydrogen-bond acceptors (Lipinski definition) is 3. The van der Waals surface area contributed by atoms with Crippen molar-refractivity contribution in [1.29, 1.82) is 0 Å². The highest BCUT2D eigenvalue weighted by Crippen LogP contribution is 2.37. The van der Waals surface area contributed by atoms with E-state index in [0.717, 1.165) is 11.1 Å². The minimum absolute atomic E-state index is 0.0180. The first-order valence-electron chi connectivity index (χ1n) is 8.25. The molecule has 0 aliphatic heterocycles. The van der Waals surface area contributed by atoms with Gasteiger partial charge in [0.05, 0.1) is 0 Å². The van der Waals surface area contributed by atoms with E-state index in [1.807, 2.05) is 36.4 Å². The van der Waals surface area contributed by atoms with Crippen molar-refractivity contribution in [1.82, 2.24) is 0 Å². The third-order valence-electron chi connectivity index (χ3n) is 3.92. The Morgan fingerprint density at radius 1 is 0.893 bits per heavy atom. The number of carbonyl (C=O) groups is 1. The summed E-state index contributed by atoms with van der Waals surface area (Å²) >= 11 is 15.7. The van der Waals surface area contributed by atoms with E-state index in [4.69, 9.17) is 32.7 Å². The lowest BCUT2D eigenvalue weighted by atomic mass is 10.1. The number of carboxylic acid groups (broad SMARTS) is 1. The van der Waals surface area contributed by atoms with Crippen LogP contribution in [0.3, 0.4) is 0 Å². The number of benzene rings is 3. The van der Waals surface area contributed by atoms with E-state index in [1.165, 1.54) is 6.07 Å². The number of carboxylic acids is 1. The fourth-order valence-electron chi connectivity index (χ4n) is 2.52. The zero-order chi connectivity index (χ0) is 20.1. The molecule has 0 radical (unpaired) electrons. The summed E-state index contributed by atoms with van der Waals surface area (Å²) in [6.45, 7) is 0.266. The summed E-state index contributed by atoms with van der Waals surface area (Å²) in [7, 11) is 0. The van der Waals surface area contributed by atoms with Crippen LogP contribution in [0, 0.1) is 0 Å². The van der Waals surface area contributed by atoms with E-state index in [1.54, 1.807) is 18.2 Å². The largest absolute Gasteiger partial charge is 0.485 e. The molecule has 28 heavy (non-hydrogen) atoms. The van der Waals surface area contributed by atoms with Crippen LogP contribution in [-0.4, -0.2) is 11.1 Å². The molecule has 0 saturated heterocycles. The van der Waals surface area contributed by atoms with Crippen LogP contribution in [0.2, 0.25) is 10.0 Å². The molecule has 0 aromatic heterocycles. The van der Waals surface area contributed by atoms with Gasteiger partial charge in [-0.15, -0.1) is 0 Å². The minimum atomic E-state index is -1.13. The molecule has 0 atom stereocenters. The van der Waals surface area contributed by atoms with Crippen molar-refractivity contribution >= 4 is 45.1 Å². The van der Waals surface area contributed by atoms with Gasteiger partial charge in [-0.05, 0) is 24.3 Å². The minimum Gasteiger partial charge on any atom is -0.485 e. The molecule has 3 aromatic rings. The first-order valence-corrected chi connectivity index (χ1v) is 9.80. The van der Waals surface area contributed by atoms with Gasteiger partial charge in [0, 0.05) is 25.6 Å². The summed E-state index contributed by atoms with van der Waals surface area (Å²) in [6, 6.07) is 17.6. The highest BCUT2D eigenvalue weighted by Gasteiger charge is 2.19. The van der Waals surface area contributed by atoms with Crippen LogP contribution in [0.4, 0.5) is 0 Å². The van der Waals surface area contributed by atoms with Gasteiger partial charge in [-0.3, -0.25) is 0 Å². The zero-order valence-corrected chi connectivity index (χ0v) is 17.6. The number of aromatic carboxylic acids is 1. The lowest BCUT2D eigenvalue weighted by molar-refractivity contribution is 0.0690. The van der Waals surface area contributed by atoms with Gasteiger partial charge in [0.15, 0.2) is 11.5 Å². The van der Waals surface area contributed by atoms with Crippen LogP contribution in [0.25, 0.3) is 0 Å². The molecule has 0 saturated carbocycles. The Kier molecular flexibility index (Phi) is 6.83. The topological polar surface area (TPSA) is 55.8 Å². The molecule has 0 aliphatic carbocycles. The van der Waals surface area contributed by atoms with Gasteiger partial charge >= 0.3 is 5.97 Å². The Morgan fingerprint density at radius 2 is 1.43 bits per heavy atom. The molecule has 3 aromatic carbocycles. The van der Waals surface area contributed by atoms with Crippen LogP contribution in [0.15, 0.2) is 65.1 Å². The Balaban J connectivity index is 1.90. The van der Waals surface area contributed by atoms with Crippen molar-refractivity contribution in [2.75, 3.05) is 0 Å². The zero-order valence-electron chi connectivity index (χ0n) is 14.5. The lowest BCUT2D eigenvalue weighted by Crippen LogP contribution is -2.07. The van der Waals surface area contributed by atoms with E-state index >= 15 is 0 Å². The highest BCUT2D eigenvalue weighted by molar-refractivity contribution is 9.10. The third kappa shape index (κ3) is 4.98. The Labute approximate surface area is 180 Å². The molecule has 0 unspecified atom stereocenters. The Bertz CT molecular complexity index is 1010. The molecule has 7 heteroatoms. The Morgan fingerprint density at radius 3 is 1.96 bits per heavy atom. The van der Waals surface area contributed by atoms with Crippen molar-refractivity contribution in [2.45, 2.75) is 13.2 Å². The first kappa shape index (κ1) is 20.5. The summed E-state index contributed by atoms with van der Waals surface area (Å²) in [5, 5.41) is 10.7. The van der Waals surface area contributed by atoms with Gasteiger partial charge in [-0.25, -0.2) is 4.79 Å². The summed E-state index contributed by atoms with van der Waals surface area (Å²) in [5.41, 5.74) is 1.49. The van der Waals surface area contributed by atoms with Gasteiger partial charge < -0.3 is 14.6 Å². The molecule has 0 amide bonds. The van der Waals surface area contributed by atoms with Crippen LogP contribution >= 0.6 is 39.1 Å². The normalized spacial score (nSPS) is 10.5. The smallest absolute Gasteiger partial charge is 0.339 e. The monoisotopic (exact) mass is 480 g/mol. The van der Waals surface area contributed by atoms with Crippen molar-refractivity contribution in [3.05, 3.63) is 91.9 Å². The summed E-state index contributed by atoms with van der Waals surface area (Å²) < 4.78 is 12.2. The van der Waals surface area contributed by atoms with Crippen LogP contribution in [0.5, 0.6) is 11.5 Å². The van der Waals surface area contributed by atoms with Gasteiger partial charge in [-0.2, -0.15) is 0 Å². The molecule has 0 aliphatic rings. The van der Waals surface area contributed by atoms with Gasteiger partial charge in [-0.1, -0.05) is 75.5 Å². The van der Waals surface area contributed by atoms with Crippen molar-refractivity contribution in [3.8, 4) is 11.5 Å². The third-order valence-corrected chi connectivity index (χ3v) is 5.12. The van der Waals surface area contributed by atoms with E-state index in [-0.39, 0.29) is 24.5 Å².